The molecule has 3 aromatic carbocycles. The minimum absolute atomic E-state index is 0.185. The summed E-state index contributed by atoms with van der Waals surface area (Å²) in [5.41, 5.74) is 5.95. The number of imidazole rings is 1. The number of hydrogen-bond donors (Lipinski definition) is 4. The van der Waals surface area contributed by atoms with Gasteiger partial charge in [-0.15, -0.1) is 0 Å². The Bertz CT molecular complexity index is 1400. The van der Waals surface area contributed by atoms with Gasteiger partial charge in [-0.25, -0.2) is 4.98 Å². The smallest absolute Gasteiger partial charge is 0.255 e. The molecule has 0 radical (unpaired) electrons. The number of nitrogens with zero attached hydrogens (tertiary/aromatic N) is 2. The Morgan fingerprint density at radius 1 is 1.00 bits per heavy atom. The molecule has 0 aliphatic rings. The van der Waals surface area contributed by atoms with Crippen molar-refractivity contribution in [2.45, 2.75) is 19.8 Å². The Morgan fingerprint density at radius 2 is 1.87 bits per heavy atom. The molecule has 7 nitrogen and oxygen atoms in total. The molecule has 5 rings (SSSR count). The molecule has 0 fully saturated rings. The fraction of sp³-hybridized carbons (Fsp3) is 0.125. The molecule has 0 spiro atoms. The Morgan fingerprint density at radius 3 is 2.74 bits per heavy atom. The van der Waals surface area contributed by atoms with E-state index in [1.54, 1.807) is 12.3 Å². The highest BCUT2D eigenvalue weighted by Gasteiger charge is 2.12. The van der Waals surface area contributed by atoms with E-state index in [1.807, 2.05) is 48.5 Å². The molecule has 0 unspecified atom stereocenters. The molecule has 4 N–H and O–H groups in total. The fourth-order valence-corrected chi connectivity index (χ4v) is 3.67. The van der Waals surface area contributed by atoms with Gasteiger partial charge < -0.3 is 15.6 Å². The normalized spacial score (nSPS) is 11.3. The number of rotatable bonds is 5. The number of nitrogens with one attached hydrogen (secondary N) is 4. The molecule has 31 heavy (non-hydrogen) atoms. The lowest BCUT2D eigenvalue weighted by molar-refractivity contribution is 0.102. The summed E-state index contributed by atoms with van der Waals surface area (Å²) < 4.78 is 0. The van der Waals surface area contributed by atoms with Crippen molar-refractivity contribution in [2.75, 3.05) is 10.6 Å². The van der Waals surface area contributed by atoms with E-state index in [9.17, 15) is 4.79 Å². The number of carbonyl (C=O) groups is 1. The van der Waals surface area contributed by atoms with Gasteiger partial charge in [0.25, 0.3) is 5.91 Å². The van der Waals surface area contributed by atoms with Gasteiger partial charge in [0.05, 0.1) is 22.7 Å². The van der Waals surface area contributed by atoms with E-state index in [1.165, 1.54) is 5.56 Å². The number of anilines is 3. The van der Waals surface area contributed by atoms with Crippen molar-refractivity contribution in [3.63, 3.8) is 0 Å². The standard InChI is InChI=1S/C24H22N6O/c1-14(2)18-5-3-4-6-19(18)27-24-28-20-10-8-15(11-22(20)29-24)23(31)26-17-9-7-16-13-25-30-21(16)12-17/h3-14H,1-2H3,(H,25,30)(H,26,31)(H2,27,28,29). The zero-order chi connectivity index (χ0) is 21.4. The highest BCUT2D eigenvalue weighted by atomic mass is 16.1. The van der Waals surface area contributed by atoms with Crippen molar-refractivity contribution >= 4 is 45.2 Å². The predicted molar refractivity (Wildman–Crippen MR) is 124 cm³/mol. The van der Waals surface area contributed by atoms with Gasteiger partial charge in [0, 0.05) is 22.3 Å². The lowest BCUT2D eigenvalue weighted by atomic mass is 10.0. The first-order valence-electron chi connectivity index (χ1n) is 10.2. The first-order valence-corrected chi connectivity index (χ1v) is 10.2. The van der Waals surface area contributed by atoms with Crippen molar-refractivity contribution < 1.29 is 4.79 Å². The van der Waals surface area contributed by atoms with E-state index in [-0.39, 0.29) is 5.91 Å². The van der Waals surface area contributed by atoms with E-state index >= 15 is 0 Å². The summed E-state index contributed by atoms with van der Waals surface area (Å²) >= 11 is 0. The number of aromatic nitrogens is 4. The maximum atomic E-state index is 12.8. The number of H-pyrrole nitrogens is 2. The molecule has 5 aromatic rings. The van der Waals surface area contributed by atoms with Crippen LogP contribution >= 0.6 is 0 Å². The molecule has 0 bridgehead atoms. The monoisotopic (exact) mass is 410 g/mol. The molecule has 0 saturated carbocycles. The number of carbonyl (C=O) groups excluding carboxylic acids is 1. The second kappa shape index (κ2) is 7.60. The Hall–Kier alpha value is -4.13. The van der Waals surface area contributed by atoms with Crippen LogP contribution in [-0.2, 0) is 0 Å². The number of para-hydroxylation sites is 1. The summed E-state index contributed by atoms with van der Waals surface area (Å²) in [5, 5.41) is 14.2. The molecule has 1 amide bonds. The second-order valence-corrected chi connectivity index (χ2v) is 7.81. The fourth-order valence-electron chi connectivity index (χ4n) is 3.67. The van der Waals surface area contributed by atoms with Gasteiger partial charge in [0.1, 0.15) is 0 Å². The zero-order valence-corrected chi connectivity index (χ0v) is 17.2. The largest absolute Gasteiger partial charge is 0.325 e. The maximum absolute atomic E-state index is 12.8. The molecule has 0 saturated heterocycles. The summed E-state index contributed by atoms with van der Waals surface area (Å²) in [5.74, 6) is 0.852. The highest BCUT2D eigenvalue weighted by molar-refractivity contribution is 6.06. The summed E-state index contributed by atoms with van der Waals surface area (Å²) in [7, 11) is 0. The molecule has 154 valence electrons. The number of aromatic amines is 2. The highest BCUT2D eigenvalue weighted by Crippen LogP contribution is 2.27. The van der Waals surface area contributed by atoms with Gasteiger partial charge in [0.15, 0.2) is 0 Å². The van der Waals surface area contributed by atoms with E-state index in [0.717, 1.165) is 27.6 Å². The van der Waals surface area contributed by atoms with Crippen LogP contribution in [0.15, 0.2) is 66.9 Å². The number of fused-ring (bicyclic) bond motifs is 2. The van der Waals surface area contributed by atoms with Crippen molar-refractivity contribution in [2.24, 2.45) is 0 Å². The third-order valence-electron chi connectivity index (χ3n) is 5.28. The van der Waals surface area contributed by atoms with Crippen molar-refractivity contribution in [1.29, 1.82) is 0 Å². The summed E-state index contributed by atoms with van der Waals surface area (Å²) in [6, 6.07) is 19.3. The van der Waals surface area contributed by atoms with E-state index < -0.39 is 0 Å². The molecular formula is C24H22N6O. The summed E-state index contributed by atoms with van der Waals surface area (Å²) in [6.45, 7) is 4.32. The molecule has 7 heteroatoms. The van der Waals surface area contributed by atoms with Crippen LogP contribution in [0.1, 0.15) is 35.7 Å². The van der Waals surface area contributed by atoms with Crippen LogP contribution in [0.2, 0.25) is 0 Å². The second-order valence-electron chi connectivity index (χ2n) is 7.81. The first-order chi connectivity index (χ1) is 15.1. The van der Waals surface area contributed by atoms with Gasteiger partial charge >= 0.3 is 0 Å². The van der Waals surface area contributed by atoms with Crippen LogP contribution in [0.5, 0.6) is 0 Å². The topological polar surface area (TPSA) is 98.5 Å². The minimum Gasteiger partial charge on any atom is -0.325 e. The van der Waals surface area contributed by atoms with Gasteiger partial charge in [-0.1, -0.05) is 32.0 Å². The van der Waals surface area contributed by atoms with Crippen LogP contribution in [-0.4, -0.2) is 26.1 Å². The van der Waals surface area contributed by atoms with Crippen molar-refractivity contribution in [3.8, 4) is 0 Å². The van der Waals surface area contributed by atoms with Gasteiger partial charge in [-0.3, -0.25) is 9.89 Å². The quantitative estimate of drug-likeness (QED) is 0.305. The molecule has 0 aliphatic carbocycles. The average Bonchev–Trinajstić information content (AvgIpc) is 3.39. The molecule has 2 heterocycles. The lowest BCUT2D eigenvalue weighted by Gasteiger charge is -2.12. The SMILES string of the molecule is CC(C)c1ccccc1Nc1nc2ccc(C(=O)Nc3ccc4cn[nH]c4c3)cc2[nH]1. The van der Waals surface area contributed by atoms with Crippen molar-refractivity contribution in [1.82, 2.24) is 20.2 Å². The third-order valence-corrected chi connectivity index (χ3v) is 5.28. The number of amides is 1. The lowest BCUT2D eigenvalue weighted by Crippen LogP contribution is -2.11. The van der Waals surface area contributed by atoms with Crippen LogP contribution < -0.4 is 10.6 Å². The number of benzene rings is 3. The Balaban J connectivity index is 1.38. The van der Waals surface area contributed by atoms with Crippen LogP contribution in [0, 0.1) is 0 Å². The van der Waals surface area contributed by atoms with Gasteiger partial charge in [-0.2, -0.15) is 5.10 Å². The number of hydrogen-bond acceptors (Lipinski definition) is 4. The molecule has 0 aliphatic heterocycles. The molecule has 0 atom stereocenters. The maximum Gasteiger partial charge on any atom is 0.255 e. The van der Waals surface area contributed by atoms with Crippen molar-refractivity contribution in [3.05, 3.63) is 78.0 Å². The Labute approximate surface area is 178 Å². The van der Waals surface area contributed by atoms with Crippen LogP contribution in [0.3, 0.4) is 0 Å². The first kappa shape index (κ1) is 18.9. The van der Waals surface area contributed by atoms with E-state index in [4.69, 9.17) is 0 Å². The molecule has 2 aromatic heterocycles. The van der Waals surface area contributed by atoms with E-state index in [2.05, 4.69) is 50.7 Å². The Kier molecular flexibility index (Phi) is 4.63. The average molecular weight is 410 g/mol. The minimum atomic E-state index is -0.185. The zero-order valence-electron chi connectivity index (χ0n) is 17.2. The van der Waals surface area contributed by atoms with Crippen LogP contribution in [0.25, 0.3) is 21.9 Å². The van der Waals surface area contributed by atoms with E-state index in [0.29, 0.717) is 23.1 Å². The van der Waals surface area contributed by atoms with Gasteiger partial charge in [0.2, 0.25) is 5.95 Å². The van der Waals surface area contributed by atoms with Gasteiger partial charge in [-0.05, 0) is 53.9 Å². The molecular weight excluding hydrogens is 388 g/mol. The predicted octanol–water partition coefficient (Wildman–Crippen LogP) is 5.56. The summed E-state index contributed by atoms with van der Waals surface area (Å²) in [6.07, 6.45) is 1.75. The van der Waals surface area contributed by atoms with Crippen LogP contribution in [0.4, 0.5) is 17.3 Å². The third kappa shape index (κ3) is 3.73. The summed E-state index contributed by atoms with van der Waals surface area (Å²) in [4.78, 5) is 20.6.